The molecule has 0 rings (SSSR count). The molecule has 0 aromatic carbocycles. The summed E-state index contributed by atoms with van der Waals surface area (Å²) in [5.74, 6) is 0.833. The molecule has 7 radical (unpaired) electrons. The minimum atomic E-state index is 0. The maximum Gasteiger partial charge on any atom is 0 e. The van der Waals surface area contributed by atoms with Crippen molar-refractivity contribution in [1.29, 1.82) is 0 Å². The fourth-order valence-corrected chi connectivity index (χ4v) is 0. The van der Waals surface area contributed by atoms with Gasteiger partial charge in [0, 0.05) is 49.5 Å². The Hall–Kier alpha value is 1.23. The molecule has 0 heterocycles. The predicted octanol–water partition coefficient (Wildman–Crippen LogP) is 7.32. The van der Waals surface area contributed by atoms with Crippen LogP contribution in [0, 0.1) is 19.8 Å². The third-order valence-electron chi connectivity index (χ3n) is 0. The Bertz CT molecular complexity index is 26.2. The Morgan fingerprint density at radius 3 is 0.600 bits per heavy atom. The van der Waals surface area contributed by atoms with Gasteiger partial charge in [-0.05, 0) is 5.92 Å². The molecule has 0 aliphatic heterocycles. The van der Waals surface area contributed by atoms with Gasteiger partial charge < -0.3 is 13.8 Å². The van der Waals surface area contributed by atoms with Gasteiger partial charge in [-0.15, -0.1) is 0 Å². The van der Waals surface area contributed by atoms with Crippen LogP contribution in [0.15, 0.2) is 0 Å². The largest absolute Gasteiger partial charge is 0.358 e. The van der Waals surface area contributed by atoms with Gasteiger partial charge in [-0.2, -0.15) is 13.8 Å². The van der Waals surface area contributed by atoms with E-state index in [1.54, 1.807) is 0 Å². The molecule has 0 aromatic heterocycles. The zero-order valence-corrected chi connectivity index (χ0v) is 19.7. The zero-order chi connectivity index (χ0) is 14.3. The molecule has 0 fully saturated rings. The van der Waals surface area contributed by atoms with E-state index in [9.17, 15) is 0 Å². The van der Waals surface area contributed by atoms with Gasteiger partial charge in [0.1, 0.15) is 0 Å². The van der Waals surface area contributed by atoms with E-state index >= 15 is 0 Å². The zero-order valence-electron chi connectivity index (χ0n) is 16.9. The molecule has 0 N–H and O–H groups in total. The van der Waals surface area contributed by atoms with E-state index < -0.39 is 0 Å². The molecule has 0 atom stereocenters. The van der Waals surface area contributed by atoms with Gasteiger partial charge in [-0.1, -0.05) is 83.6 Å². The third-order valence-corrected chi connectivity index (χ3v) is 0. The second-order valence-electron chi connectivity index (χ2n) is 2.31. The van der Waals surface area contributed by atoms with Crippen molar-refractivity contribution >= 4 is 16.8 Å². The number of hydrogen-bond donors (Lipinski definition) is 0. The Morgan fingerprint density at radius 2 is 0.600 bits per heavy atom. The van der Waals surface area contributed by atoms with Gasteiger partial charge in [0.25, 0.3) is 0 Å². The normalized spacial score (nSPS) is 3.90. The van der Waals surface area contributed by atoms with E-state index in [1.807, 2.05) is 75.7 Å². The van der Waals surface area contributed by atoms with Crippen LogP contribution in [0.1, 0.15) is 97.4 Å². The Morgan fingerprint density at radius 1 is 0.600 bits per heavy atom. The van der Waals surface area contributed by atoms with Crippen LogP contribution in [-0.2, 0) is 32.7 Å². The van der Waals surface area contributed by atoms with E-state index in [0.717, 1.165) is 5.92 Å². The monoisotopic (exact) mass is 363 g/mol. The molecule has 0 unspecified atom stereocenters. The Kier molecular flexibility index (Phi) is 1130. The van der Waals surface area contributed by atoms with Gasteiger partial charge in [-0.3, -0.25) is 0 Å². The summed E-state index contributed by atoms with van der Waals surface area (Å²) in [5.41, 5.74) is 0. The fraction of sp³-hybridized carbons (Fsp3) is 0.882. The molecule has 0 saturated heterocycles. The molecule has 3 heteroatoms. The van der Waals surface area contributed by atoms with E-state index in [-0.39, 0.29) is 64.4 Å². The van der Waals surface area contributed by atoms with E-state index in [2.05, 4.69) is 20.8 Å². The maximum atomic E-state index is 2.17. The molecule has 0 bridgehead atoms. The number of rotatable bonds is 0. The first-order valence-electron chi connectivity index (χ1n) is 6.89. The smallest absolute Gasteiger partial charge is 0 e. The average Bonchev–Trinajstić information content (AvgIpc) is 2.29. The van der Waals surface area contributed by atoms with Crippen LogP contribution in [0.25, 0.3) is 0 Å². The minimum absolute atomic E-state index is 0. The van der Waals surface area contributed by atoms with Crippen LogP contribution in [0.3, 0.4) is 0 Å². The molecule has 0 nitrogen and oxygen atoms in total. The van der Waals surface area contributed by atoms with Gasteiger partial charge in [0.15, 0.2) is 0 Å². The van der Waals surface area contributed by atoms with Gasteiger partial charge in [-0.25, -0.2) is 0 Å². The molecule has 0 aromatic rings. The maximum absolute atomic E-state index is 2.17. The van der Waals surface area contributed by atoms with E-state index in [1.165, 1.54) is 0 Å². The molecule has 0 amide bonds. The minimum Gasteiger partial charge on any atom is -0.358 e. The molecule has 0 aliphatic carbocycles. The van der Waals surface area contributed by atoms with Crippen molar-refractivity contribution in [2.45, 2.75) is 97.4 Å². The second-order valence-corrected chi connectivity index (χ2v) is 2.31. The molecule has 20 heavy (non-hydrogen) atoms. The van der Waals surface area contributed by atoms with Gasteiger partial charge in [0.2, 0.25) is 0 Å². The molecule has 0 saturated carbocycles. The van der Waals surface area contributed by atoms with E-state index in [4.69, 9.17) is 0 Å². The van der Waals surface area contributed by atoms with Crippen molar-refractivity contribution in [3.05, 3.63) is 13.8 Å². The summed E-state index contributed by atoms with van der Waals surface area (Å²) in [6.45, 7) is 26.5. The standard InChI is InChI=1S/C4H10.C3H7.4C2H6.CH4.CH3.2B.Y/c1-4(2)3;1-3-2;4*1-2;;;;;/h4H,1-3H3;3H,1-2H3;4*1-2H3;1H4;1H3;;;/q;-1;;;;;;-1;;;. The van der Waals surface area contributed by atoms with Crippen molar-refractivity contribution in [1.82, 2.24) is 0 Å². The Labute approximate surface area is 166 Å². The summed E-state index contributed by atoms with van der Waals surface area (Å²) in [6, 6.07) is 0. The van der Waals surface area contributed by atoms with Crippen molar-refractivity contribution < 1.29 is 32.7 Å². The van der Waals surface area contributed by atoms with Crippen LogP contribution in [0.2, 0.25) is 0 Å². The van der Waals surface area contributed by atoms with Crippen molar-refractivity contribution in [3.8, 4) is 0 Å². The van der Waals surface area contributed by atoms with Gasteiger partial charge in [0.05, 0.1) is 0 Å². The first kappa shape index (κ1) is 83.0. The van der Waals surface area contributed by atoms with Crippen LogP contribution >= 0.6 is 0 Å². The van der Waals surface area contributed by atoms with Crippen molar-refractivity contribution in [3.63, 3.8) is 0 Å². The summed E-state index contributed by atoms with van der Waals surface area (Å²) in [6.07, 6.45) is 2.00. The first-order valence-corrected chi connectivity index (χ1v) is 6.89. The summed E-state index contributed by atoms with van der Waals surface area (Å²) in [7, 11) is 0. The van der Waals surface area contributed by atoms with Gasteiger partial charge >= 0.3 is 0 Å². The molecular weight excluding hydrogens is 315 g/mol. The van der Waals surface area contributed by atoms with Crippen molar-refractivity contribution in [2.75, 3.05) is 0 Å². The average molecular weight is 363 g/mol. The second kappa shape index (κ2) is 273. The van der Waals surface area contributed by atoms with E-state index in [0.29, 0.717) is 0 Å². The summed E-state index contributed by atoms with van der Waals surface area (Å²) in [5, 5.41) is 0. The molecule has 0 spiro atoms. The quantitative estimate of drug-likeness (QED) is 0.312. The van der Waals surface area contributed by atoms with Crippen LogP contribution in [0.5, 0.6) is 0 Å². The Balaban J connectivity index is -0.00000000527. The predicted molar refractivity (Wildman–Crippen MR) is 106 cm³/mol. The summed E-state index contributed by atoms with van der Waals surface area (Å²) < 4.78 is 0. The SMILES string of the molecule is C.CC.CC.CC.CC.CC(C)C.C[CH-]C.[B].[B].[CH3-].[Y]. The summed E-state index contributed by atoms with van der Waals surface area (Å²) in [4.78, 5) is 0. The van der Waals surface area contributed by atoms with Crippen LogP contribution in [0.4, 0.5) is 0 Å². The number of hydrogen-bond acceptors (Lipinski definition) is 0. The fourth-order valence-electron chi connectivity index (χ4n) is 0. The topological polar surface area (TPSA) is 0 Å². The molecule has 0 aliphatic rings. The molecular formula is C17H48B2Y-2. The first-order chi connectivity index (χ1) is 7.15. The van der Waals surface area contributed by atoms with Crippen LogP contribution in [-0.4, -0.2) is 16.8 Å². The summed E-state index contributed by atoms with van der Waals surface area (Å²) >= 11 is 0. The molecule has 127 valence electrons. The van der Waals surface area contributed by atoms with Crippen molar-refractivity contribution in [2.24, 2.45) is 5.92 Å². The third kappa shape index (κ3) is 4200. The van der Waals surface area contributed by atoms with Crippen LogP contribution < -0.4 is 0 Å².